The number of hydrogen-bond donors (Lipinski definition) is 0. The fourth-order valence-corrected chi connectivity index (χ4v) is 2.78. The smallest absolute Gasteiger partial charge is 0.196 e. The van der Waals surface area contributed by atoms with Gasteiger partial charge in [-0.15, -0.1) is 0 Å². The molecule has 3 rings (SSSR count). The maximum Gasteiger partial charge on any atom is 0.196 e. The molecule has 2 aromatic carbocycles. The minimum absolute atomic E-state index is 0.151. The number of rotatable bonds is 1. The van der Waals surface area contributed by atoms with Crippen LogP contribution in [0.3, 0.4) is 0 Å². The molecule has 100 valence electrons. The Bertz CT molecular complexity index is 750. The van der Waals surface area contributed by atoms with E-state index in [2.05, 4.69) is 0 Å². The standard InChI is InChI=1S/C16H12ClNO2/c1-18(2)12-8-7-11(17)13-14(12)16(20)10-6-4-3-5-9(10)15(13)19/h3-8H,1-2H3. The third kappa shape index (κ3) is 1.67. The summed E-state index contributed by atoms with van der Waals surface area (Å²) in [5, 5.41) is 0.318. The highest BCUT2D eigenvalue weighted by Crippen LogP contribution is 2.36. The molecule has 0 fully saturated rings. The van der Waals surface area contributed by atoms with E-state index in [1.54, 1.807) is 36.4 Å². The Morgan fingerprint density at radius 3 is 1.95 bits per heavy atom. The van der Waals surface area contributed by atoms with E-state index in [1.807, 2.05) is 19.0 Å². The first-order valence-corrected chi connectivity index (χ1v) is 6.58. The van der Waals surface area contributed by atoms with E-state index in [1.165, 1.54) is 0 Å². The highest BCUT2D eigenvalue weighted by molar-refractivity contribution is 6.39. The number of carbonyl (C=O) groups is 2. The van der Waals surface area contributed by atoms with Gasteiger partial charge in [0.1, 0.15) is 0 Å². The van der Waals surface area contributed by atoms with Crippen molar-refractivity contribution in [1.29, 1.82) is 0 Å². The summed E-state index contributed by atoms with van der Waals surface area (Å²) in [4.78, 5) is 27.1. The summed E-state index contributed by atoms with van der Waals surface area (Å²) in [5.41, 5.74) is 2.27. The Hall–Kier alpha value is -2.13. The fraction of sp³-hybridized carbons (Fsp3) is 0.125. The Labute approximate surface area is 121 Å². The van der Waals surface area contributed by atoms with Gasteiger partial charge in [-0.3, -0.25) is 9.59 Å². The Kier molecular flexibility index (Phi) is 2.87. The molecular weight excluding hydrogens is 274 g/mol. The zero-order valence-corrected chi connectivity index (χ0v) is 11.9. The lowest BCUT2D eigenvalue weighted by atomic mass is 9.83. The molecule has 0 bridgehead atoms. The van der Waals surface area contributed by atoms with Crippen LogP contribution in [0.5, 0.6) is 0 Å². The normalized spacial score (nSPS) is 12.9. The minimum Gasteiger partial charge on any atom is -0.377 e. The number of fused-ring (bicyclic) bond motifs is 2. The molecule has 0 aliphatic heterocycles. The van der Waals surface area contributed by atoms with Crippen LogP contribution >= 0.6 is 11.6 Å². The van der Waals surface area contributed by atoms with Gasteiger partial charge in [-0.05, 0) is 12.1 Å². The second-order valence-corrected chi connectivity index (χ2v) is 5.32. The van der Waals surface area contributed by atoms with Gasteiger partial charge in [0.05, 0.1) is 16.1 Å². The molecule has 20 heavy (non-hydrogen) atoms. The maximum atomic E-state index is 12.7. The molecule has 0 N–H and O–H groups in total. The summed E-state index contributed by atoms with van der Waals surface area (Å²) >= 11 is 6.15. The van der Waals surface area contributed by atoms with Crippen LogP contribution in [0.4, 0.5) is 5.69 Å². The zero-order chi connectivity index (χ0) is 14.4. The van der Waals surface area contributed by atoms with Crippen molar-refractivity contribution in [2.75, 3.05) is 19.0 Å². The maximum absolute atomic E-state index is 12.7. The van der Waals surface area contributed by atoms with Gasteiger partial charge in [-0.1, -0.05) is 35.9 Å². The average Bonchev–Trinajstić information content (AvgIpc) is 2.44. The van der Waals surface area contributed by atoms with E-state index in [0.29, 0.717) is 33.0 Å². The Balaban J connectivity index is 2.38. The molecular formula is C16H12ClNO2. The molecule has 1 aliphatic rings. The van der Waals surface area contributed by atoms with Crippen molar-refractivity contribution in [3.05, 3.63) is 63.7 Å². The van der Waals surface area contributed by atoms with Gasteiger partial charge in [0, 0.05) is 30.9 Å². The molecule has 0 unspecified atom stereocenters. The lowest BCUT2D eigenvalue weighted by Gasteiger charge is -2.24. The van der Waals surface area contributed by atoms with Gasteiger partial charge in [0.2, 0.25) is 0 Å². The first-order chi connectivity index (χ1) is 9.52. The number of nitrogens with zero attached hydrogens (tertiary/aromatic N) is 1. The van der Waals surface area contributed by atoms with Crippen molar-refractivity contribution in [2.24, 2.45) is 0 Å². The monoisotopic (exact) mass is 285 g/mol. The van der Waals surface area contributed by atoms with Crippen LogP contribution in [0.2, 0.25) is 5.02 Å². The van der Waals surface area contributed by atoms with Crippen molar-refractivity contribution in [3.63, 3.8) is 0 Å². The highest BCUT2D eigenvalue weighted by Gasteiger charge is 2.33. The van der Waals surface area contributed by atoms with Crippen LogP contribution in [0.25, 0.3) is 0 Å². The Morgan fingerprint density at radius 2 is 1.40 bits per heavy atom. The predicted octanol–water partition coefficient (Wildman–Crippen LogP) is 3.18. The van der Waals surface area contributed by atoms with Crippen LogP contribution in [0.15, 0.2) is 36.4 Å². The van der Waals surface area contributed by atoms with E-state index in [-0.39, 0.29) is 11.6 Å². The third-order valence-corrected chi connectivity index (χ3v) is 3.80. The van der Waals surface area contributed by atoms with Gasteiger partial charge in [-0.25, -0.2) is 0 Å². The number of ketones is 2. The first kappa shape index (κ1) is 12.9. The predicted molar refractivity (Wildman–Crippen MR) is 79.1 cm³/mol. The van der Waals surface area contributed by atoms with Crippen molar-refractivity contribution in [3.8, 4) is 0 Å². The SMILES string of the molecule is CN(C)c1ccc(Cl)c2c1C(=O)c1ccccc1C2=O. The summed E-state index contributed by atoms with van der Waals surface area (Å²) in [6.45, 7) is 0. The molecule has 0 spiro atoms. The number of carbonyl (C=O) groups excluding carboxylic acids is 2. The average molecular weight is 286 g/mol. The summed E-state index contributed by atoms with van der Waals surface area (Å²) in [5.74, 6) is -0.342. The second kappa shape index (κ2) is 4.46. The van der Waals surface area contributed by atoms with Crippen LogP contribution in [-0.4, -0.2) is 25.7 Å². The third-order valence-electron chi connectivity index (χ3n) is 3.48. The van der Waals surface area contributed by atoms with Crippen molar-refractivity contribution < 1.29 is 9.59 Å². The molecule has 0 amide bonds. The van der Waals surface area contributed by atoms with Crippen LogP contribution in [-0.2, 0) is 0 Å². The van der Waals surface area contributed by atoms with Gasteiger partial charge in [0.25, 0.3) is 0 Å². The summed E-state index contributed by atoms with van der Waals surface area (Å²) < 4.78 is 0. The summed E-state index contributed by atoms with van der Waals surface area (Å²) in [6.07, 6.45) is 0. The summed E-state index contributed by atoms with van der Waals surface area (Å²) in [6, 6.07) is 10.3. The van der Waals surface area contributed by atoms with Gasteiger partial charge >= 0.3 is 0 Å². The number of halogens is 1. The van der Waals surface area contributed by atoms with Gasteiger partial charge < -0.3 is 4.90 Å². The van der Waals surface area contributed by atoms with E-state index in [9.17, 15) is 9.59 Å². The quantitative estimate of drug-likeness (QED) is 0.689. The first-order valence-electron chi connectivity index (χ1n) is 6.20. The highest BCUT2D eigenvalue weighted by atomic mass is 35.5. The molecule has 0 heterocycles. The Morgan fingerprint density at radius 1 is 0.850 bits per heavy atom. The molecule has 0 saturated heterocycles. The summed E-state index contributed by atoms with van der Waals surface area (Å²) in [7, 11) is 3.67. The van der Waals surface area contributed by atoms with E-state index < -0.39 is 0 Å². The van der Waals surface area contributed by atoms with Crippen LogP contribution in [0.1, 0.15) is 31.8 Å². The molecule has 3 nitrogen and oxygen atoms in total. The molecule has 1 aliphatic carbocycles. The van der Waals surface area contributed by atoms with Crippen molar-refractivity contribution >= 4 is 28.9 Å². The molecule has 0 atom stereocenters. The number of benzene rings is 2. The number of anilines is 1. The van der Waals surface area contributed by atoms with E-state index >= 15 is 0 Å². The van der Waals surface area contributed by atoms with Gasteiger partial charge in [-0.2, -0.15) is 0 Å². The largest absolute Gasteiger partial charge is 0.377 e. The van der Waals surface area contributed by atoms with Crippen molar-refractivity contribution in [2.45, 2.75) is 0 Å². The molecule has 0 aromatic heterocycles. The fourth-order valence-electron chi connectivity index (χ4n) is 2.54. The van der Waals surface area contributed by atoms with Gasteiger partial charge in [0.15, 0.2) is 11.6 Å². The lowest BCUT2D eigenvalue weighted by Crippen LogP contribution is -2.24. The van der Waals surface area contributed by atoms with Crippen LogP contribution in [0, 0.1) is 0 Å². The molecule has 0 radical (unpaired) electrons. The van der Waals surface area contributed by atoms with E-state index in [4.69, 9.17) is 11.6 Å². The van der Waals surface area contributed by atoms with Crippen LogP contribution < -0.4 is 4.90 Å². The van der Waals surface area contributed by atoms with Crippen molar-refractivity contribution in [1.82, 2.24) is 0 Å². The van der Waals surface area contributed by atoms with E-state index in [0.717, 1.165) is 0 Å². The zero-order valence-electron chi connectivity index (χ0n) is 11.1. The second-order valence-electron chi connectivity index (χ2n) is 4.91. The topological polar surface area (TPSA) is 37.4 Å². The lowest BCUT2D eigenvalue weighted by molar-refractivity contribution is 0.0979. The number of hydrogen-bond acceptors (Lipinski definition) is 3. The minimum atomic E-state index is -0.191. The molecule has 4 heteroatoms. The molecule has 2 aromatic rings. The molecule has 0 saturated carbocycles.